The molecule has 0 aliphatic carbocycles. The average Bonchev–Trinajstić information content (AvgIpc) is 3.05. The fraction of sp³-hybridized carbons (Fsp3) is 0.190. The van der Waals surface area contributed by atoms with E-state index in [1.165, 1.54) is 4.68 Å². The summed E-state index contributed by atoms with van der Waals surface area (Å²) in [5, 5.41) is 6.49. The molecule has 156 valence electrons. The maximum atomic E-state index is 13.0. The number of halogens is 2. The molecule has 1 aromatic heterocycles. The molecule has 3 rings (SSSR count). The summed E-state index contributed by atoms with van der Waals surface area (Å²) >= 11 is 9.47. The van der Waals surface area contributed by atoms with Crippen LogP contribution in [0.25, 0.3) is 10.9 Å². The smallest absolute Gasteiger partial charge is 0.328 e. The van der Waals surface area contributed by atoms with Gasteiger partial charge in [-0.05, 0) is 61.4 Å². The lowest BCUT2D eigenvalue weighted by atomic mass is 10.2. The number of hydrogen-bond acceptors (Lipinski definition) is 3. The molecule has 0 unspecified atom stereocenters. The van der Waals surface area contributed by atoms with E-state index in [1.807, 2.05) is 26.0 Å². The molecule has 2 aromatic carbocycles. The van der Waals surface area contributed by atoms with Crippen LogP contribution in [0.4, 0.5) is 5.69 Å². The first kappa shape index (κ1) is 21.9. The number of nitrogens with zero attached hydrogens (tertiary/aromatic N) is 1. The molecule has 3 N–H and O–H groups in total. The third-order valence-electron chi connectivity index (χ3n) is 4.39. The molecule has 0 aliphatic rings. The highest BCUT2D eigenvalue weighted by molar-refractivity contribution is 9.10. The van der Waals surface area contributed by atoms with E-state index in [9.17, 15) is 14.4 Å². The van der Waals surface area contributed by atoms with E-state index in [1.54, 1.807) is 30.3 Å². The second kappa shape index (κ2) is 9.32. The summed E-state index contributed by atoms with van der Waals surface area (Å²) in [5.41, 5.74) is 4.70. The third-order valence-corrected chi connectivity index (χ3v) is 5.12. The fourth-order valence-electron chi connectivity index (χ4n) is 2.90. The van der Waals surface area contributed by atoms with Crippen molar-refractivity contribution in [3.05, 3.63) is 63.2 Å². The van der Waals surface area contributed by atoms with E-state index in [-0.39, 0.29) is 5.69 Å². The van der Waals surface area contributed by atoms with Crippen LogP contribution in [-0.4, -0.2) is 28.9 Å². The van der Waals surface area contributed by atoms with Crippen LogP contribution >= 0.6 is 27.5 Å². The van der Waals surface area contributed by atoms with Crippen molar-refractivity contribution >= 4 is 61.8 Å². The molecule has 0 fully saturated rings. The van der Waals surface area contributed by atoms with Gasteiger partial charge < -0.3 is 10.6 Å². The first-order valence-corrected chi connectivity index (χ1v) is 10.4. The molecule has 30 heavy (non-hydrogen) atoms. The van der Waals surface area contributed by atoms with Crippen molar-refractivity contribution in [1.29, 1.82) is 0 Å². The number of aryl methyl sites for hydroxylation is 1. The van der Waals surface area contributed by atoms with Gasteiger partial charge in [-0.2, -0.15) is 0 Å². The predicted molar refractivity (Wildman–Crippen MR) is 121 cm³/mol. The molecule has 7 nitrogen and oxygen atoms in total. The average molecular weight is 492 g/mol. The molecular weight excluding hydrogens is 472 g/mol. The van der Waals surface area contributed by atoms with Crippen LogP contribution in [0.15, 0.2) is 46.9 Å². The topological polar surface area (TPSA) is 92.2 Å². The summed E-state index contributed by atoms with van der Waals surface area (Å²) in [4.78, 5) is 37.4. The Hall–Kier alpha value is -2.84. The summed E-state index contributed by atoms with van der Waals surface area (Å²) in [6, 6.07) is 12.1. The van der Waals surface area contributed by atoms with Crippen molar-refractivity contribution in [2.75, 3.05) is 17.3 Å². The number of benzene rings is 2. The molecule has 0 bridgehead atoms. The van der Waals surface area contributed by atoms with Crippen molar-refractivity contribution in [1.82, 2.24) is 9.99 Å². The molecule has 0 atom stereocenters. The fourth-order valence-corrected chi connectivity index (χ4v) is 3.55. The Bertz CT molecular complexity index is 1140. The zero-order valence-electron chi connectivity index (χ0n) is 16.4. The normalized spacial score (nSPS) is 10.7. The van der Waals surface area contributed by atoms with Crippen LogP contribution in [0.3, 0.4) is 0 Å². The Kier molecular flexibility index (Phi) is 6.79. The van der Waals surface area contributed by atoms with Crippen LogP contribution in [0, 0.1) is 6.92 Å². The lowest BCUT2D eigenvalue weighted by molar-refractivity contribution is -0.136. The van der Waals surface area contributed by atoms with Crippen LogP contribution in [-0.2, 0) is 9.59 Å². The summed E-state index contributed by atoms with van der Waals surface area (Å²) in [6.07, 6.45) is 0.699. The molecule has 0 saturated carbocycles. The maximum absolute atomic E-state index is 13.0. The number of aromatic nitrogens is 1. The highest BCUT2D eigenvalue weighted by Crippen LogP contribution is 2.25. The largest absolute Gasteiger partial charge is 0.348 e. The molecule has 3 amide bonds. The van der Waals surface area contributed by atoms with Gasteiger partial charge in [0.2, 0.25) is 0 Å². The van der Waals surface area contributed by atoms with E-state index in [0.717, 1.165) is 10.0 Å². The van der Waals surface area contributed by atoms with Crippen molar-refractivity contribution in [3.63, 3.8) is 0 Å². The summed E-state index contributed by atoms with van der Waals surface area (Å²) in [7, 11) is 0. The number of fused-ring (bicyclic) bond motifs is 1. The van der Waals surface area contributed by atoms with Crippen molar-refractivity contribution in [2.45, 2.75) is 20.3 Å². The standard InChI is InChI=1S/C21H20BrClN4O3/c1-3-8-24-20(29)21(30)26-27-17-7-5-15(23)10-13(17)11-18(27)19(28)25-16-6-4-14(22)9-12(16)2/h4-7,9-11H,3,8H2,1-2H3,(H,24,29)(H,25,28)(H,26,30). The van der Waals surface area contributed by atoms with Gasteiger partial charge in [-0.3, -0.25) is 19.8 Å². The predicted octanol–water partition coefficient (Wildman–Crippen LogP) is 4.21. The minimum absolute atomic E-state index is 0.159. The second-order valence-corrected chi connectivity index (χ2v) is 8.03. The van der Waals surface area contributed by atoms with Gasteiger partial charge in [0.25, 0.3) is 5.91 Å². The van der Waals surface area contributed by atoms with Gasteiger partial charge in [0.1, 0.15) is 5.69 Å². The van der Waals surface area contributed by atoms with Crippen molar-refractivity contribution in [2.24, 2.45) is 0 Å². The zero-order valence-corrected chi connectivity index (χ0v) is 18.7. The van der Waals surface area contributed by atoms with Crippen LogP contribution in [0.1, 0.15) is 29.4 Å². The first-order chi connectivity index (χ1) is 14.3. The van der Waals surface area contributed by atoms with Crippen molar-refractivity contribution < 1.29 is 14.4 Å². The monoisotopic (exact) mass is 490 g/mol. The number of hydrogen-bond donors (Lipinski definition) is 3. The van der Waals surface area contributed by atoms with Gasteiger partial charge in [0, 0.05) is 27.1 Å². The SMILES string of the molecule is CCCNC(=O)C(=O)Nn1c(C(=O)Nc2ccc(Br)cc2C)cc2cc(Cl)ccc21. The Morgan fingerprint density at radius 3 is 2.53 bits per heavy atom. The molecule has 9 heteroatoms. The molecule has 1 heterocycles. The van der Waals surface area contributed by atoms with E-state index in [2.05, 4.69) is 32.0 Å². The van der Waals surface area contributed by atoms with Gasteiger partial charge >= 0.3 is 11.8 Å². The molecule has 0 spiro atoms. The molecule has 0 saturated heterocycles. The Morgan fingerprint density at radius 2 is 1.83 bits per heavy atom. The highest BCUT2D eigenvalue weighted by atomic mass is 79.9. The second-order valence-electron chi connectivity index (χ2n) is 6.68. The molecule has 0 aliphatic heterocycles. The molecule has 0 radical (unpaired) electrons. The number of carbonyl (C=O) groups excluding carboxylic acids is 3. The minimum atomic E-state index is -0.871. The number of amides is 3. The van der Waals surface area contributed by atoms with Gasteiger partial charge in [-0.25, -0.2) is 4.68 Å². The third kappa shape index (κ3) is 4.83. The quantitative estimate of drug-likeness (QED) is 0.467. The van der Waals surface area contributed by atoms with Crippen LogP contribution in [0.2, 0.25) is 5.02 Å². The number of nitrogens with one attached hydrogen (secondary N) is 3. The number of rotatable bonds is 5. The van der Waals surface area contributed by atoms with E-state index < -0.39 is 17.7 Å². The lowest BCUT2D eigenvalue weighted by Crippen LogP contribution is -2.40. The van der Waals surface area contributed by atoms with Gasteiger partial charge in [-0.1, -0.05) is 34.5 Å². The van der Waals surface area contributed by atoms with Gasteiger partial charge in [0.15, 0.2) is 0 Å². The first-order valence-electron chi connectivity index (χ1n) is 9.28. The van der Waals surface area contributed by atoms with Gasteiger partial charge in [-0.15, -0.1) is 0 Å². The van der Waals surface area contributed by atoms with Gasteiger partial charge in [0.05, 0.1) is 5.52 Å². The van der Waals surface area contributed by atoms with Crippen molar-refractivity contribution in [3.8, 4) is 0 Å². The number of carbonyl (C=O) groups is 3. The molecular formula is C21H20BrClN4O3. The Balaban J connectivity index is 1.96. The highest BCUT2D eigenvalue weighted by Gasteiger charge is 2.21. The van der Waals surface area contributed by atoms with Crippen LogP contribution in [0.5, 0.6) is 0 Å². The lowest BCUT2D eigenvalue weighted by Gasteiger charge is -2.13. The molecule has 3 aromatic rings. The Labute approximate surface area is 186 Å². The minimum Gasteiger partial charge on any atom is -0.348 e. The van der Waals surface area contributed by atoms with E-state index in [4.69, 9.17) is 11.6 Å². The van der Waals surface area contributed by atoms with E-state index >= 15 is 0 Å². The Morgan fingerprint density at radius 1 is 1.07 bits per heavy atom. The van der Waals surface area contributed by atoms with Crippen LogP contribution < -0.4 is 16.1 Å². The number of anilines is 1. The van der Waals surface area contributed by atoms with E-state index in [0.29, 0.717) is 34.6 Å². The summed E-state index contributed by atoms with van der Waals surface area (Å²) in [5.74, 6) is -2.09. The summed E-state index contributed by atoms with van der Waals surface area (Å²) in [6.45, 7) is 4.13. The zero-order chi connectivity index (χ0) is 21.8. The maximum Gasteiger partial charge on any atom is 0.328 e. The summed E-state index contributed by atoms with van der Waals surface area (Å²) < 4.78 is 2.19.